The number of aliphatic hydroxyl groups is 1. The van der Waals surface area contributed by atoms with Gasteiger partial charge in [-0.2, -0.15) is 23.0 Å². The first-order valence-corrected chi connectivity index (χ1v) is 9.17. The summed E-state index contributed by atoms with van der Waals surface area (Å²) in [5, 5.41) is 14.7. The van der Waals surface area contributed by atoms with E-state index in [2.05, 4.69) is 5.10 Å². The van der Waals surface area contributed by atoms with Gasteiger partial charge in [0.2, 0.25) is 0 Å². The van der Waals surface area contributed by atoms with Gasteiger partial charge in [0.1, 0.15) is 23.2 Å². The molecule has 2 N–H and O–H groups in total. The van der Waals surface area contributed by atoms with Crippen LogP contribution in [-0.2, 0) is 0 Å². The third-order valence-corrected chi connectivity index (χ3v) is 4.48. The molecule has 0 aliphatic carbocycles. The van der Waals surface area contributed by atoms with E-state index < -0.39 is 41.7 Å². The van der Waals surface area contributed by atoms with Crippen LogP contribution in [0, 0.1) is 5.82 Å². The molecule has 0 aliphatic heterocycles. The van der Waals surface area contributed by atoms with Crippen LogP contribution in [-0.4, -0.2) is 46.7 Å². The Morgan fingerprint density at radius 2 is 1.88 bits per heavy atom. The van der Waals surface area contributed by atoms with E-state index in [1.165, 1.54) is 19.2 Å². The minimum Gasteiger partial charge on any atom is -0.497 e. The van der Waals surface area contributed by atoms with Crippen molar-refractivity contribution >= 4 is 5.91 Å². The van der Waals surface area contributed by atoms with Crippen molar-refractivity contribution in [2.45, 2.75) is 12.2 Å². The Balaban J connectivity index is 2.16. The van der Waals surface area contributed by atoms with Gasteiger partial charge in [0.15, 0.2) is 0 Å². The molecular weight excluding hydrogens is 434 g/mol. The van der Waals surface area contributed by atoms with E-state index in [0.29, 0.717) is 11.3 Å². The summed E-state index contributed by atoms with van der Waals surface area (Å²) >= 11 is 0. The number of amides is 1. The predicted octanol–water partition coefficient (Wildman–Crippen LogP) is 2.70. The summed E-state index contributed by atoms with van der Waals surface area (Å²) in [5.74, 6) is -1.54. The molecule has 0 fully saturated rings. The molecule has 0 spiro atoms. The quantitative estimate of drug-likeness (QED) is 0.563. The molecule has 0 bridgehead atoms. The molecule has 1 unspecified atom stereocenters. The second-order valence-corrected chi connectivity index (χ2v) is 6.62. The monoisotopic (exact) mass is 451 g/mol. The van der Waals surface area contributed by atoms with Gasteiger partial charge in [-0.3, -0.25) is 9.59 Å². The summed E-state index contributed by atoms with van der Waals surface area (Å²) in [6, 6.07) is 9.53. The molecule has 168 valence electrons. The van der Waals surface area contributed by atoms with Gasteiger partial charge in [-0.15, -0.1) is 0 Å². The molecule has 3 aromatic rings. The van der Waals surface area contributed by atoms with Gasteiger partial charge in [-0.05, 0) is 48.5 Å². The third kappa shape index (κ3) is 4.94. The molecule has 0 aliphatic rings. The number of rotatable bonds is 6. The van der Waals surface area contributed by atoms with E-state index in [9.17, 15) is 27.2 Å². The molecule has 7 nitrogen and oxygen atoms in total. The lowest BCUT2D eigenvalue weighted by atomic mass is 10.1. The van der Waals surface area contributed by atoms with Crippen LogP contribution in [0.4, 0.5) is 17.6 Å². The SMILES string of the molecule is COc1ccc(-c2cc(C(=O)NC(CO)C(F)(F)F)c(=O)n(-c3cccc(F)c3)n2)cc1. The molecule has 1 atom stereocenters. The van der Waals surface area contributed by atoms with Crippen LogP contribution in [0.3, 0.4) is 0 Å². The normalized spacial score (nSPS) is 12.3. The number of halogens is 4. The maximum absolute atomic E-state index is 13.7. The van der Waals surface area contributed by atoms with Gasteiger partial charge in [-0.1, -0.05) is 6.07 Å². The molecule has 1 heterocycles. The highest BCUT2D eigenvalue weighted by Gasteiger charge is 2.40. The highest BCUT2D eigenvalue weighted by molar-refractivity contribution is 5.95. The lowest BCUT2D eigenvalue weighted by molar-refractivity contribution is -0.161. The number of ether oxygens (including phenoxy) is 1. The van der Waals surface area contributed by atoms with Crippen molar-refractivity contribution in [2.24, 2.45) is 0 Å². The number of alkyl halides is 3. The Hall–Kier alpha value is -3.73. The standard InChI is InChI=1S/C21H17F4N3O4/c1-32-15-7-5-12(6-8-15)17-10-16(19(30)26-18(11-29)21(23,24)25)20(31)28(27-17)14-4-2-3-13(22)9-14/h2-10,18,29H,11H2,1H3,(H,26,30). The van der Waals surface area contributed by atoms with Crippen LogP contribution in [0.5, 0.6) is 5.75 Å². The van der Waals surface area contributed by atoms with Crippen LogP contribution in [0.15, 0.2) is 59.4 Å². The van der Waals surface area contributed by atoms with Crippen molar-refractivity contribution in [3.8, 4) is 22.7 Å². The second-order valence-electron chi connectivity index (χ2n) is 6.62. The first-order valence-electron chi connectivity index (χ1n) is 9.17. The van der Waals surface area contributed by atoms with Gasteiger partial charge >= 0.3 is 6.18 Å². The summed E-state index contributed by atoms with van der Waals surface area (Å²) in [7, 11) is 1.46. The number of methoxy groups -OCH3 is 1. The van der Waals surface area contributed by atoms with Crippen molar-refractivity contribution < 1.29 is 32.2 Å². The number of benzene rings is 2. The van der Waals surface area contributed by atoms with E-state index >= 15 is 0 Å². The summed E-state index contributed by atoms with van der Waals surface area (Å²) in [5.41, 5.74) is -1.29. The fourth-order valence-electron chi connectivity index (χ4n) is 2.81. The van der Waals surface area contributed by atoms with Crippen molar-refractivity contribution in [1.82, 2.24) is 15.1 Å². The Bertz CT molecular complexity index is 1180. The van der Waals surface area contributed by atoms with Crippen LogP contribution in [0.2, 0.25) is 0 Å². The predicted molar refractivity (Wildman–Crippen MR) is 106 cm³/mol. The molecule has 0 radical (unpaired) electrons. The Labute approximate surface area is 178 Å². The number of nitrogens with zero attached hydrogens (tertiary/aromatic N) is 2. The molecule has 1 amide bonds. The molecule has 0 saturated heterocycles. The zero-order valence-electron chi connectivity index (χ0n) is 16.6. The molecular formula is C21H17F4N3O4. The average Bonchev–Trinajstić information content (AvgIpc) is 2.76. The minimum atomic E-state index is -4.93. The van der Waals surface area contributed by atoms with E-state index in [4.69, 9.17) is 9.84 Å². The lowest BCUT2D eigenvalue weighted by Crippen LogP contribution is -2.49. The topological polar surface area (TPSA) is 93.5 Å². The number of aromatic nitrogens is 2. The average molecular weight is 451 g/mol. The first-order chi connectivity index (χ1) is 15.1. The van der Waals surface area contributed by atoms with Crippen LogP contribution < -0.4 is 15.6 Å². The number of nitrogens with one attached hydrogen (secondary N) is 1. The number of hydrogen-bond acceptors (Lipinski definition) is 5. The maximum atomic E-state index is 13.7. The van der Waals surface area contributed by atoms with Crippen molar-refractivity contribution in [1.29, 1.82) is 0 Å². The van der Waals surface area contributed by atoms with E-state index in [-0.39, 0.29) is 11.4 Å². The van der Waals surface area contributed by atoms with Crippen molar-refractivity contribution in [2.75, 3.05) is 13.7 Å². The van der Waals surface area contributed by atoms with Crippen LogP contribution in [0.25, 0.3) is 16.9 Å². The van der Waals surface area contributed by atoms with Crippen molar-refractivity contribution in [3.63, 3.8) is 0 Å². The Kier molecular flexibility index (Phi) is 6.58. The summed E-state index contributed by atoms with van der Waals surface area (Å²) < 4.78 is 58.4. The van der Waals surface area contributed by atoms with E-state index in [1.807, 2.05) is 0 Å². The molecule has 32 heavy (non-hydrogen) atoms. The minimum absolute atomic E-state index is 0.0334. The molecule has 0 saturated carbocycles. The molecule has 2 aromatic carbocycles. The molecule has 1 aromatic heterocycles. The smallest absolute Gasteiger partial charge is 0.410 e. The maximum Gasteiger partial charge on any atom is 0.410 e. The number of carbonyl (C=O) groups excluding carboxylic acids is 1. The van der Waals surface area contributed by atoms with Gasteiger partial charge in [0.25, 0.3) is 11.5 Å². The van der Waals surface area contributed by atoms with E-state index in [0.717, 1.165) is 22.9 Å². The van der Waals surface area contributed by atoms with E-state index in [1.54, 1.807) is 29.6 Å². The third-order valence-electron chi connectivity index (χ3n) is 4.48. The van der Waals surface area contributed by atoms with Crippen molar-refractivity contribution in [3.05, 3.63) is 76.3 Å². The number of carbonyl (C=O) groups is 1. The largest absolute Gasteiger partial charge is 0.497 e. The second kappa shape index (κ2) is 9.18. The Morgan fingerprint density at radius 3 is 2.44 bits per heavy atom. The zero-order valence-corrected chi connectivity index (χ0v) is 16.6. The zero-order chi connectivity index (χ0) is 23.5. The number of hydrogen-bond donors (Lipinski definition) is 2. The Morgan fingerprint density at radius 1 is 1.19 bits per heavy atom. The fourth-order valence-corrected chi connectivity index (χ4v) is 2.81. The van der Waals surface area contributed by atoms with Crippen LogP contribution >= 0.6 is 0 Å². The summed E-state index contributed by atoms with van der Waals surface area (Å²) in [6.07, 6.45) is -4.93. The lowest BCUT2D eigenvalue weighted by Gasteiger charge is -2.19. The first kappa shape index (κ1) is 22.9. The van der Waals surface area contributed by atoms with Crippen LogP contribution in [0.1, 0.15) is 10.4 Å². The highest BCUT2D eigenvalue weighted by atomic mass is 19.4. The number of aliphatic hydroxyl groups excluding tert-OH is 1. The summed E-state index contributed by atoms with van der Waals surface area (Å²) in [4.78, 5) is 25.4. The van der Waals surface area contributed by atoms with Gasteiger partial charge in [0.05, 0.1) is 25.1 Å². The highest BCUT2D eigenvalue weighted by Crippen LogP contribution is 2.23. The molecule has 11 heteroatoms. The summed E-state index contributed by atoms with van der Waals surface area (Å²) in [6.45, 7) is -1.41. The van der Waals surface area contributed by atoms with Gasteiger partial charge in [0, 0.05) is 5.56 Å². The van der Waals surface area contributed by atoms with Gasteiger partial charge in [-0.25, -0.2) is 4.39 Å². The molecule has 3 rings (SSSR count). The fraction of sp³-hybridized carbons (Fsp3) is 0.190. The van der Waals surface area contributed by atoms with Gasteiger partial charge < -0.3 is 15.2 Å².